The van der Waals surface area contributed by atoms with Gasteiger partial charge in [-0.05, 0) is 47.7 Å². The van der Waals surface area contributed by atoms with Gasteiger partial charge in [-0.3, -0.25) is 4.98 Å². The van der Waals surface area contributed by atoms with Gasteiger partial charge in [-0.2, -0.15) is 0 Å². The summed E-state index contributed by atoms with van der Waals surface area (Å²) in [6.07, 6.45) is 0. The van der Waals surface area contributed by atoms with E-state index in [4.69, 9.17) is 0 Å². The summed E-state index contributed by atoms with van der Waals surface area (Å²) < 4.78 is 13.1. The van der Waals surface area contributed by atoms with Crippen LogP contribution in [0.15, 0.2) is 30.3 Å². The number of halogens is 2. The smallest absolute Gasteiger partial charge is 0.123 e. The standard InChI is InChI=1S/C16H17BrFN/c1-10(2)16-15(9-17)14(8-11(3)19-16)12-4-6-13(18)7-5-12/h4-8,10H,9H2,1-3H3. The van der Waals surface area contributed by atoms with Crippen LogP contribution in [0.1, 0.15) is 36.7 Å². The monoisotopic (exact) mass is 321 g/mol. The summed E-state index contributed by atoms with van der Waals surface area (Å²) in [6, 6.07) is 8.70. The normalized spacial score (nSPS) is 11.1. The molecule has 100 valence electrons. The number of hydrogen-bond acceptors (Lipinski definition) is 1. The highest BCUT2D eigenvalue weighted by molar-refractivity contribution is 9.08. The number of nitrogens with zero attached hydrogens (tertiary/aromatic N) is 1. The number of rotatable bonds is 3. The highest BCUT2D eigenvalue weighted by atomic mass is 79.9. The van der Waals surface area contributed by atoms with Crippen molar-refractivity contribution in [2.75, 3.05) is 0 Å². The molecule has 2 rings (SSSR count). The molecule has 0 saturated carbocycles. The van der Waals surface area contributed by atoms with Crippen molar-refractivity contribution in [3.05, 3.63) is 53.1 Å². The second kappa shape index (κ2) is 5.83. The lowest BCUT2D eigenvalue weighted by atomic mass is 9.95. The molecule has 0 radical (unpaired) electrons. The molecule has 1 heterocycles. The van der Waals surface area contributed by atoms with Gasteiger partial charge in [0.25, 0.3) is 0 Å². The van der Waals surface area contributed by atoms with Crippen LogP contribution in [0.5, 0.6) is 0 Å². The Labute approximate surface area is 122 Å². The number of benzene rings is 1. The van der Waals surface area contributed by atoms with Crippen molar-refractivity contribution in [2.24, 2.45) is 0 Å². The average molecular weight is 322 g/mol. The average Bonchev–Trinajstić information content (AvgIpc) is 2.38. The zero-order chi connectivity index (χ0) is 14.0. The van der Waals surface area contributed by atoms with E-state index in [-0.39, 0.29) is 5.82 Å². The van der Waals surface area contributed by atoms with Gasteiger partial charge in [0.1, 0.15) is 5.82 Å². The molecule has 2 aromatic rings. The quantitative estimate of drug-likeness (QED) is 0.707. The maximum atomic E-state index is 13.1. The van der Waals surface area contributed by atoms with Gasteiger partial charge in [0, 0.05) is 16.7 Å². The Morgan fingerprint density at radius 3 is 2.37 bits per heavy atom. The Bertz CT molecular complexity index is 576. The van der Waals surface area contributed by atoms with Crippen molar-refractivity contribution in [3.8, 4) is 11.1 Å². The van der Waals surface area contributed by atoms with E-state index < -0.39 is 0 Å². The largest absolute Gasteiger partial charge is 0.258 e. The predicted molar refractivity (Wildman–Crippen MR) is 81.1 cm³/mol. The van der Waals surface area contributed by atoms with Crippen molar-refractivity contribution < 1.29 is 4.39 Å². The number of alkyl halides is 1. The predicted octanol–water partition coefficient (Wildman–Crippen LogP) is 5.21. The highest BCUT2D eigenvalue weighted by Crippen LogP contribution is 2.31. The lowest BCUT2D eigenvalue weighted by molar-refractivity contribution is 0.628. The third-order valence-corrected chi connectivity index (χ3v) is 3.68. The maximum Gasteiger partial charge on any atom is 0.123 e. The zero-order valence-corrected chi connectivity index (χ0v) is 13.0. The third kappa shape index (κ3) is 3.03. The molecule has 0 aliphatic heterocycles. The Balaban J connectivity index is 2.64. The van der Waals surface area contributed by atoms with E-state index in [2.05, 4.69) is 40.8 Å². The molecular weight excluding hydrogens is 305 g/mol. The van der Waals surface area contributed by atoms with Crippen molar-refractivity contribution in [1.82, 2.24) is 4.98 Å². The minimum Gasteiger partial charge on any atom is -0.258 e. The number of hydrogen-bond donors (Lipinski definition) is 0. The molecule has 3 heteroatoms. The lowest BCUT2D eigenvalue weighted by Crippen LogP contribution is -2.03. The Kier molecular flexibility index (Phi) is 4.35. The lowest BCUT2D eigenvalue weighted by Gasteiger charge is -2.16. The zero-order valence-electron chi connectivity index (χ0n) is 11.4. The summed E-state index contributed by atoms with van der Waals surface area (Å²) in [6.45, 7) is 6.28. The Morgan fingerprint density at radius 2 is 1.84 bits per heavy atom. The molecule has 1 aromatic heterocycles. The van der Waals surface area contributed by atoms with E-state index >= 15 is 0 Å². The first-order valence-corrected chi connectivity index (χ1v) is 7.47. The summed E-state index contributed by atoms with van der Waals surface area (Å²) >= 11 is 3.55. The molecule has 0 fully saturated rings. The van der Waals surface area contributed by atoms with Crippen LogP contribution in [-0.4, -0.2) is 4.98 Å². The van der Waals surface area contributed by atoms with Gasteiger partial charge < -0.3 is 0 Å². The van der Waals surface area contributed by atoms with Gasteiger partial charge in [-0.15, -0.1) is 0 Å². The third-order valence-electron chi connectivity index (χ3n) is 3.12. The van der Waals surface area contributed by atoms with Crippen LogP contribution in [0.2, 0.25) is 0 Å². The molecule has 0 aliphatic rings. The van der Waals surface area contributed by atoms with Gasteiger partial charge >= 0.3 is 0 Å². The van der Waals surface area contributed by atoms with Gasteiger partial charge in [0.15, 0.2) is 0 Å². The van der Waals surface area contributed by atoms with Crippen LogP contribution >= 0.6 is 15.9 Å². The molecule has 19 heavy (non-hydrogen) atoms. The van der Waals surface area contributed by atoms with E-state index in [0.717, 1.165) is 27.8 Å². The topological polar surface area (TPSA) is 12.9 Å². The molecule has 0 saturated heterocycles. The van der Waals surface area contributed by atoms with E-state index in [9.17, 15) is 4.39 Å². The van der Waals surface area contributed by atoms with E-state index in [1.807, 2.05) is 19.1 Å². The number of aryl methyl sites for hydroxylation is 1. The van der Waals surface area contributed by atoms with E-state index in [1.165, 1.54) is 17.7 Å². The summed E-state index contributed by atoms with van der Waals surface area (Å²) in [5.74, 6) is 0.158. The summed E-state index contributed by atoms with van der Waals surface area (Å²) in [4.78, 5) is 4.64. The molecule has 0 bridgehead atoms. The molecule has 1 aromatic carbocycles. The summed E-state index contributed by atoms with van der Waals surface area (Å²) in [7, 11) is 0. The van der Waals surface area contributed by atoms with Gasteiger partial charge in [0.2, 0.25) is 0 Å². The summed E-state index contributed by atoms with van der Waals surface area (Å²) in [5.41, 5.74) is 5.45. The van der Waals surface area contributed by atoms with Crippen LogP contribution in [-0.2, 0) is 5.33 Å². The second-order valence-corrected chi connectivity index (χ2v) is 5.53. The van der Waals surface area contributed by atoms with Crippen molar-refractivity contribution in [1.29, 1.82) is 0 Å². The van der Waals surface area contributed by atoms with Crippen LogP contribution < -0.4 is 0 Å². The van der Waals surface area contributed by atoms with E-state index in [0.29, 0.717) is 5.92 Å². The Morgan fingerprint density at radius 1 is 1.21 bits per heavy atom. The first-order valence-electron chi connectivity index (χ1n) is 6.35. The molecule has 0 spiro atoms. The van der Waals surface area contributed by atoms with Crippen molar-refractivity contribution in [2.45, 2.75) is 32.0 Å². The molecule has 0 unspecified atom stereocenters. The first-order chi connectivity index (χ1) is 9.02. The van der Waals surface area contributed by atoms with Crippen LogP contribution in [0.25, 0.3) is 11.1 Å². The molecule has 0 amide bonds. The molecule has 0 atom stereocenters. The van der Waals surface area contributed by atoms with Gasteiger partial charge in [-0.1, -0.05) is 41.9 Å². The van der Waals surface area contributed by atoms with Crippen molar-refractivity contribution in [3.63, 3.8) is 0 Å². The number of pyridine rings is 1. The molecule has 0 N–H and O–H groups in total. The molecular formula is C16H17BrFN. The van der Waals surface area contributed by atoms with E-state index in [1.54, 1.807) is 0 Å². The van der Waals surface area contributed by atoms with Crippen LogP contribution in [0.3, 0.4) is 0 Å². The van der Waals surface area contributed by atoms with Gasteiger partial charge in [-0.25, -0.2) is 4.39 Å². The fourth-order valence-corrected chi connectivity index (χ4v) is 2.82. The van der Waals surface area contributed by atoms with Crippen LogP contribution in [0, 0.1) is 12.7 Å². The minimum absolute atomic E-state index is 0.209. The summed E-state index contributed by atoms with van der Waals surface area (Å²) in [5, 5.41) is 0.750. The SMILES string of the molecule is Cc1cc(-c2ccc(F)cc2)c(CBr)c(C(C)C)n1. The highest BCUT2D eigenvalue weighted by Gasteiger charge is 2.14. The Hall–Kier alpha value is -1.22. The van der Waals surface area contributed by atoms with Crippen molar-refractivity contribution >= 4 is 15.9 Å². The molecule has 1 nitrogen and oxygen atoms in total. The first kappa shape index (κ1) is 14.2. The fourth-order valence-electron chi connectivity index (χ4n) is 2.23. The fraction of sp³-hybridized carbons (Fsp3) is 0.312. The molecule has 0 aliphatic carbocycles. The maximum absolute atomic E-state index is 13.1. The van der Waals surface area contributed by atoms with Crippen LogP contribution in [0.4, 0.5) is 4.39 Å². The minimum atomic E-state index is -0.209. The number of aromatic nitrogens is 1. The van der Waals surface area contributed by atoms with Gasteiger partial charge in [0.05, 0.1) is 0 Å². The second-order valence-electron chi connectivity index (χ2n) is 4.97.